The number of nitrogens with one attached hydrogen (secondary N) is 2. The maximum atomic E-state index is 14.2. The molecule has 2 aliphatic carbocycles. The van der Waals surface area contributed by atoms with Gasteiger partial charge in [-0.1, -0.05) is 17.6 Å². The fourth-order valence-electron chi connectivity index (χ4n) is 4.41. The largest absolute Gasteiger partial charge is 0.419 e. The van der Waals surface area contributed by atoms with Crippen molar-refractivity contribution in [2.75, 3.05) is 6.54 Å². The van der Waals surface area contributed by atoms with Crippen molar-refractivity contribution in [3.05, 3.63) is 40.8 Å². The Morgan fingerprint density at radius 1 is 1.18 bits per heavy atom. The Morgan fingerprint density at radius 2 is 1.94 bits per heavy atom. The van der Waals surface area contributed by atoms with E-state index in [1.165, 1.54) is 6.42 Å². The number of aliphatic hydroxyl groups excluding tert-OH is 1. The highest BCUT2D eigenvalue weighted by Gasteiger charge is 2.35. The average molecular weight is 469 g/mol. The fraction of sp³-hybridized carbons (Fsp3) is 0.565. The van der Waals surface area contributed by atoms with Crippen molar-refractivity contribution in [3.8, 4) is 11.3 Å². The lowest BCUT2D eigenvalue weighted by atomic mass is 9.85. The van der Waals surface area contributed by atoms with Crippen molar-refractivity contribution in [3.63, 3.8) is 0 Å². The van der Waals surface area contributed by atoms with Crippen molar-refractivity contribution in [2.24, 2.45) is 5.92 Å². The summed E-state index contributed by atoms with van der Waals surface area (Å²) in [5, 5.41) is 19.9. The Balaban J connectivity index is 1.58. The molecule has 3 N–H and O–H groups in total. The first-order chi connectivity index (χ1) is 15.7. The van der Waals surface area contributed by atoms with Gasteiger partial charge in [0.25, 0.3) is 5.91 Å². The van der Waals surface area contributed by atoms with Gasteiger partial charge in [-0.05, 0) is 63.1 Å². The van der Waals surface area contributed by atoms with Crippen LogP contribution in [-0.2, 0) is 12.7 Å². The van der Waals surface area contributed by atoms with E-state index in [4.69, 9.17) is 4.52 Å². The minimum absolute atomic E-state index is 0.00600. The van der Waals surface area contributed by atoms with E-state index in [0.29, 0.717) is 30.4 Å². The number of hydrogen-bond acceptors (Lipinski definition) is 5. The lowest BCUT2D eigenvalue weighted by molar-refractivity contribution is -0.139. The minimum Gasteiger partial charge on any atom is -0.393 e. The summed E-state index contributed by atoms with van der Waals surface area (Å²) in [4.78, 5) is 12.9. The van der Waals surface area contributed by atoms with Gasteiger partial charge < -0.3 is 20.3 Å². The molecule has 1 aromatic carbocycles. The number of halogens is 4. The summed E-state index contributed by atoms with van der Waals surface area (Å²) in [5.41, 5.74) is -0.932. The van der Waals surface area contributed by atoms with Gasteiger partial charge in [0.1, 0.15) is 5.82 Å². The van der Waals surface area contributed by atoms with Crippen LogP contribution in [0, 0.1) is 11.7 Å². The molecule has 1 amide bonds. The van der Waals surface area contributed by atoms with Crippen LogP contribution in [0.15, 0.2) is 22.7 Å². The number of benzene rings is 1. The van der Waals surface area contributed by atoms with Gasteiger partial charge in [0, 0.05) is 23.7 Å². The van der Waals surface area contributed by atoms with Crippen LogP contribution in [0.25, 0.3) is 11.3 Å². The number of alkyl halides is 3. The molecule has 0 spiro atoms. The lowest BCUT2D eigenvalue weighted by Crippen LogP contribution is -2.40. The molecule has 1 aromatic heterocycles. The van der Waals surface area contributed by atoms with Gasteiger partial charge in [-0.3, -0.25) is 4.79 Å². The van der Waals surface area contributed by atoms with Crippen LogP contribution in [0.2, 0.25) is 0 Å². The Hall–Kier alpha value is -2.46. The number of carbonyl (C=O) groups excluding carboxylic acids is 1. The molecular weight excluding hydrogens is 442 g/mol. The average Bonchev–Trinajstić information content (AvgIpc) is 3.12. The maximum absolute atomic E-state index is 14.2. The van der Waals surface area contributed by atoms with E-state index < -0.39 is 29.6 Å². The van der Waals surface area contributed by atoms with Crippen molar-refractivity contribution in [1.82, 2.24) is 15.8 Å². The Morgan fingerprint density at radius 3 is 2.58 bits per heavy atom. The monoisotopic (exact) mass is 469 g/mol. The molecule has 2 aromatic rings. The Kier molecular flexibility index (Phi) is 7.04. The second-order valence-corrected chi connectivity index (χ2v) is 8.95. The number of nitrogens with zero attached hydrogens (tertiary/aromatic N) is 1. The number of carbonyl (C=O) groups is 1. The SMILES string of the molecule is O=C(N[C@H]1CCC[C@@H](O)C1)c1noc(-c2ccc(C(F)(F)F)c(F)c2)c1CNCC1CCC1. The molecule has 6 nitrogen and oxygen atoms in total. The predicted octanol–water partition coefficient (Wildman–Crippen LogP) is 4.42. The summed E-state index contributed by atoms with van der Waals surface area (Å²) in [7, 11) is 0. The summed E-state index contributed by atoms with van der Waals surface area (Å²) in [6, 6.07) is 2.31. The molecule has 2 atom stereocenters. The van der Waals surface area contributed by atoms with Crippen LogP contribution in [0.3, 0.4) is 0 Å². The second kappa shape index (κ2) is 9.80. The zero-order valence-electron chi connectivity index (χ0n) is 18.1. The van der Waals surface area contributed by atoms with Crippen molar-refractivity contribution in [1.29, 1.82) is 0 Å². The number of amides is 1. The van der Waals surface area contributed by atoms with Crippen molar-refractivity contribution < 1.29 is 32.0 Å². The van der Waals surface area contributed by atoms with Gasteiger partial charge in [-0.25, -0.2) is 4.39 Å². The highest BCUT2D eigenvalue weighted by atomic mass is 19.4. The normalized spacial score (nSPS) is 21.6. The van der Waals surface area contributed by atoms with Crippen LogP contribution in [0.4, 0.5) is 17.6 Å². The van der Waals surface area contributed by atoms with E-state index in [1.807, 2.05) is 0 Å². The minimum atomic E-state index is -4.81. The van der Waals surface area contributed by atoms with E-state index in [2.05, 4.69) is 15.8 Å². The molecule has 0 unspecified atom stereocenters. The van der Waals surface area contributed by atoms with Crippen molar-refractivity contribution in [2.45, 2.75) is 69.8 Å². The lowest BCUT2D eigenvalue weighted by Gasteiger charge is -2.26. The number of aliphatic hydroxyl groups is 1. The maximum Gasteiger partial charge on any atom is 0.419 e. The van der Waals surface area contributed by atoms with Gasteiger partial charge in [-0.2, -0.15) is 13.2 Å². The highest BCUT2D eigenvalue weighted by molar-refractivity contribution is 5.95. The van der Waals surface area contributed by atoms with E-state index in [-0.39, 0.29) is 29.6 Å². The van der Waals surface area contributed by atoms with Gasteiger partial charge in [0.15, 0.2) is 11.5 Å². The van der Waals surface area contributed by atoms with E-state index >= 15 is 0 Å². The third-order valence-electron chi connectivity index (χ3n) is 6.48. The zero-order chi connectivity index (χ0) is 23.6. The third-order valence-corrected chi connectivity index (χ3v) is 6.48. The highest BCUT2D eigenvalue weighted by Crippen LogP contribution is 2.35. The zero-order valence-corrected chi connectivity index (χ0v) is 18.1. The summed E-state index contributed by atoms with van der Waals surface area (Å²) in [6.45, 7) is 0.926. The van der Waals surface area contributed by atoms with E-state index in [0.717, 1.165) is 44.4 Å². The van der Waals surface area contributed by atoms with Crippen LogP contribution in [0.1, 0.15) is 66.6 Å². The van der Waals surface area contributed by atoms with Crippen LogP contribution in [0.5, 0.6) is 0 Å². The van der Waals surface area contributed by atoms with Gasteiger partial charge >= 0.3 is 6.18 Å². The predicted molar refractivity (Wildman–Crippen MR) is 112 cm³/mol. The summed E-state index contributed by atoms with van der Waals surface area (Å²) in [6.07, 6.45) is 0.769. The first-order valence-corrected chi connectivity index (χ1v) is 11.3. The summed E-state index contributed by atoms with van der Waals surface area (Å²) in [5.74, 6) is -1.32. The smallest absolute Gasteiger partial charge is 0.393 e. The molecule has 0 bridgehead atoms. The number of aromatic nitrogens is 1. The molecule has 2 aliphatic rings. The molecule has 0 saturated heterocycles. The Bertz CT molecular complexity index is 988. The van der Waals surface area contributed by atoms with Crippen LogP contribution in [-0.4, -0.2) is 34.9 Å². The topological polar surface area (TPSA) is 87.4 Å². The molecule has 180 valence electrons. The quantitative estimate of drug-likeness (QED) is 0.523. The third kappa shape index (κ3) is 5.55. The number of hydrogen-bond donors (Lipinski definition) is 3. The molecule has 0 radical (unpaired) electrons. The molecule has 2 fully saturated rings. The summed E-state index contributed by atoms with van der Waals surface area (Å²) < 4.78 is 58.4. The molecule has 33 heavy (non-hydrogen) atoms. The number of rotatable bonds is 7. The van der Waals surface area contributed by atoms with E-state index in [1.54, 1.807) is 0 Å². The molecule has 10 heteroatoms. The van der Waals surface area contributed by atoms with Crippen LogP contribution < -0.4 is 10.6 Å². The molecule has 4 rings (SSSR count). The fourth-order valence-corrected chi connectivity index (χ4v) is 4.41. The first kappa shape index (κ1) is 23.7. The van der Waals surface area contributed by atoms with Gasteiger partial charge in [-0.15, -0.1) is 0 Å². The second-order valence-electron chi connectivity index (χ2n) is 8.95. The molecule has 2 saturated carbocycles. The van der Waals surface area contributed by atoms with E-state index in [9.17, 15) is 27.5 Å². The summed E-state index contributed by atoms with van der Waals surface area (Å²) >= 11 is 0. The molecular formula is C23H27F4N3O3. The standard InChI is InChI=1S/C23H27F4N3O3/c24-19-9-14(7-8-18(19)23(25,26)27)21-17(12-28-11-13-3-1-4-13)20(30-33-21)22(32)29-15-5-2-6-16(31)10-15/h7-9,13,15-16,28,31H,1-6,10-12H2,(H,29,32)/t15-,16+/m0/s1. The Labute approximate surface area is 188 Å². The van der Waals surface area contributed by atoms with Crippen LogP contribution >= 0.6 is 0 Å². The van der Waals surface area contributed by atoms with Gasteiger partial charge in [0.2, 0.25) is 0 Å². The van der Waals surface area contributed by atoms with Crippen molar-refractivity contribution >= 4 is 5.91 Å². The molecule has 0 aliphatic heterocycles. The van der Waals surface area contributed by atoms with Gasteiger partial charge in [0.05, 0.1) is 11.7 Å². The first-order valence-electron chi connectivity index (χ1n) is 11.3. The molecule has 1 heterocycles.